The van der Waals surface area contributed by atoms with E-state index in [9.17, 15) is 0 Å². The Balaban J connectivity index is 0.000000290. The van der Waals surface area contributed by atoms with E-state index >= 15 is 0 Å². The number of para-hydroxylation sites is 4. The van der Waals surface area contributed by atoms with Crippen LogP contribution in [0.3, 0.4) is 0 Å². The Bertz CT molecular complexity index is 837. The quantitative estimate of drug-likeness (QED) is 0.357. The molecule has 0 saturated carbocycles. The highest BCUT2D eigenvalue weighted by Crippen LogP contribution is 2.41. The molecule has 4 aromatic carbocycles. The number of rotatable bonds is 6. The van der Waals surface area contributed by atoms with Gasteiger partial charge in [0.25, 0.3) is 0 Å². The summed E-state index contributed by atoms with van der Waals surface area (Å²) in [5.74, 6) is 2.45. The first-order valence-electron chi connectivity index (χ1n) is 9.03. The van der Waals surface area contributed by atoms with Crippen LogP contribution < -0.4 is 13.6 Å². The molecule has 4 rings (SSSR count). The van der Waals surface area contributed by atoms with Gasteiger partial charge < -0.3 is 18.7 Å². The van der Waals surface area contributed by atoms with Gasteiger partial charge in [-0.15, -0.1) is 0 Å². The third-order valence-electron chi connectivity index (χ3n) is 3.53. The second-order valence-corrected chi connectivity index (χ2v) is 6.77. The van der Waals surface area contributed by atoms with Crippen LogP contribution in [0.5, 0.6) is 23.0 Å². The molecule has 4 nitrogen and oxygen atoms in total. The minimum atomic E-state index is -1.59. The van der Waals surface area contributed by atoms with Gasteiger partial charge in [0.05, 0.1) is 0 Å². The fourth-order valence-electron chi connectivity index (χ4n) is 2.19. The largest absolute Gasteiger partial charge is 0.530 e. The Labute approximate surface area is 172 Å². The van der Waals surface area contributed by atoms with Crippen LogP contribution in [-0.2, 0) is 0 Å². The highest BCUT2D eigenvalue weighted by molar-refractivity contribution is 7.43. The fourth-order valence-corrected chi connectivity index (χ4v) is 3.18. The van der Waals surface area contributed by atoms with E-state index in [0.29, 0.717) is 23.0 Å². The third kappa shape index (κ3) is 7.57. The van der Waals surface area contributed by atoms with Crippen molar-refractivity contribution in [3.63, 3.8) is 0 Å². The lowest BCUT2D eigenvalue weighted by atomic mass is 10.3. The van der Waals surface area contributed by atoms with Crippen molar-refractivity contribution in [3.8, 4) is 23.0 Å². The Kier molecular flexibility index (Phi) is 7.94. The minimum Gasteiger partial charge on any atom is -0.508 e. The first-order chi connectivity index (χ1) is 14.3. The average molecular weight is 404 g/mol. The van der Waals surface area contributed by atoms with E-state index < -0.39 is 8.60 Å². The zero-order chi connectivity index (χ0) is 20.2. The number of hydrogen-bond acceptors (Lipinski definition) is 4. The fraction of sp³-hybridized carbons (Fsp3) is 0. The number of phenolic OH excluding ortho intramolecular Hbond substituents is 1. The zero-order valence-electron chi connectivity index (χ0n) is 15.7. The number of benzene rings is 4. The Morgan fingerprint density at radius 1 is 0.414 bits per heavy atom. The van der Waals surface area contributed by atoms with Gasteiger partial charge in [0.2, 0.25) is 0 Å². The Morgan fingerprint density at radius 3 is 0.931 bits per heavy atom. The van der Waals surface area contributed by atoms with Crippen molar-refractivity contribution in [1.82, 2.24) is 0 Å². The summed E-state index contributed by atoms with van der Waals surface area (Å²) in [6, 6.07) is 37.2. The molecule has 0 saturated heterocycles. The Morgan fingerprint density at radius 2 is 0.690 bits per heavy atom. The van der Waals surface area contributed by atoms with Crippen LogP contribution in [0.2, 0.25) is 0 Å². The first-order valence-corrected chi connectivity index (χ1v) is 10.1. The van der Waals surface area contributed by atoms with Crippen LogP contribution in [0.4, 0.5) is 0 Å². The van der Waals surface area contributed by atoms with E-state index in [1.54, 1.807) is 24.3 Å². The monoisotopic (exact) mass is 404 g/mol. The molecule has 1 N–H and O–H groups in total. The average Bonchev–Trinajstić information content (AvgIpc) is 2.77. The predicted molar refractivity (Wildman–Crippen MR) is 116 cm³/mol. The maximum atomic E-state index is 8.63. The molecule has 4 aromatic rings. The molecule has 0 spiro atoms. The second-order valence-electron chi connectivity index (χ2n) is 5.77. The van der Waals surface area contributed by atoms with Gasteiger partial charge in [-0.05, 0) is 48.5 Å². The molecule has 29 heavy (non-hydrogen) atoms. The topological polar surface area (TPSA) is 47.9 Å². The van der Waals surface area contributed by atoms with Crippen molar-refractivity contribution < 1.29 is 18.7 Å². The van der Waals surface area contributed by atoms with Gasteiger partial charge in [0.1, 0.15) is 23.0 Å². The van der Waals surface area contributed by atoms with Gasteiger partial charge in [-0.3, -0.25) is 0 Å². The predicted octanol–water partition coefficient (Wildman–Crippen LogP) is 6.84. The molecular weight excluding hydrogens is 383 g/mol. The Hall–Kier alpha value is -3.49. The lowest BCUT2D eigenvalue weighted by molar-refractivity contribution is 0.388. The zero-order valence-corrected chi connectivity index (χ0v) is 16.6. The molecule has 0 atom stereocenters. The standard InChI is InChI=1S/C18H15O3P.C6H6O/c1-4-10-16(11-5-1)19-22(20-17-12-6-2-7-13-17)21-18-14-8-3-9-15-18;7-6-4-2-1-3-5-6/h1-15H;1-5,7H. The highest BCUT2D eigenvalue weighted by Gasteiger charge is 2.19. The van der Waals surface area contributed by atoms with Crippen LogP contribution in [0.1, 0.15) is 0 Å². The smallest absolute Gasteiger partial charge is 0.508 e. The number of aromatic hydroxyl groups is 1. The van der Waals surface area contributed by atoms with Gasteiger partial charge >= 0.3 is 8.60 Å². The first kappa shape index (κ1) is 20.2. The van der Waals surface area contributed by atoms with Crippen LogP contribution in [-0.4, -0.2) is 5.11 Å². The van der Waals surface area contributed by atoms with Crippen LogP contribution in [0, 0.1) is 0 Å². The molecule has 0 aliphatic heterocycles. The summed E-state index contributed by atoms with van der Waals surface area (Å²) < 4.78 is 17.5. The summed E-state index contributed by atoms with van der Waals surface area (Å²) in [6.07, 6.45) is 0. The van der Waals surface area contributed by atoms with Crippen LogP contribution in [0.15, 0.2) is 121 Å². The molecule has 0 aromatic heterocycles. The van der Waals surface area contributed by atoms with E-state index in [1.165, 1.54) is 0 Å². The number of hydrogen-bond donors (Lipinski definition) is 1. The summed E-state index contributed by atoms with van der Waals surface area (Å²) in [5.41, 5.74) is 0. The maximum Gasteiger partial charge on any atom is 0.530 e. The van der Waals surface area contributed by atoms with Crippen molar-refractivity contribution in [1.29, 1.82) is 0 Å². The van der Waals surface area contributed by atoms with Crippen molar-refractivity contribution in [2.24, 2.45) is 0 Å². The van der Waals surface area contributed by atoms with E-state index in [2.05, 4.69) is 0 Å². The van der Waals surface area contributed by atoms with E-state index in [4.69, 9.17) is 18.7 Å². The van der Waals surface area contributed by atoms with Gasteiger partial charge in [0, 0.05) is 0 Å². The molecular formula is C24H21O4P. The normalized spacial score (nSPS) is 9.83. The maximum absolute atomic E-state index is 8.63. The molecule has 0 aliphatic rings. The molecule has 0 bridgehead atoms. The lowest BCUT2D eigenvalue weighted by Gasteiger charge is -2.17. The van der Waals surface area contributed by atoms with Crippen molar-refractivity contribution in [2.45, 2.75) is 0 Å². The lowest BCUT2D eigenvalue weighted by Crippen LogP contribution is -2.02. The summed E-state index contributed by atoms with van der Waals surface area (Å²) in [7, 11) is -1.59. The van der Waals surface area contributed by atoms with E-state index in [-0.39, 0.29) is 0 Å². The number of phenols is 1. The molecule has 0 fully saturated rings. The van der Waals surface area contributed by atoms with Gasteiger partial charge in [-0.2, -0.15) is 0 Å². The molecule has 0 unspecified atom stereocenters. The highest BCUT2D eigenvalue weighted by atomic mass is 31.2. The third-order valence-corrected chi connectivity index (χ3v) is 4.61. The van der Waals surface area contributed by atoms with Crippen molar-refractivity contribution in [2.75, 3.05) is 0 Å². The minimum absolute atomic E-state index is 0.322. The van der Waals surface area contributed by atoms with Crippen molar-refractivity contribution in [3.05, 3.63) is 121 Å². The van der Waals surface area contributed by atoms with Gasteiger partial charge in [-0.1, -0.05) is 72.8 Å². The molecule has 146 valence electrons. The van der Waals surface area contributed by atoms with Crippen LogP contribution in [0.25, 0.3) is 0 Å². The summed E-state index contributed by atoms with van der Waals surface area (Å²) in [4.78, 5) is 0. The molecule has 0 radical (unpaired) electrons. The summed E-state index contributed by atoms with van der Waals surface area (Å²) in [5, 5.41) is 8.63. The molecule has 0 aliphatic carbocycles. The second kappa shape index (κ2) is 11.4. The molecule has 0 amide bonds. The van der Waals surface area contributed by atoms with E-state index in [1.807, 2.05) is 97.1 Å². The summed E-state index contributed by atoms with van der Waals surface area (Å²) >= 11 is 0. The molecule has 5 heteroatoms. The summed E-state index contributed by atoms with van der Waals surface area (Å²) in [6.45, 7) is 0. The SMILES string of the molecule is Oc1ccccc1.c1ccc(OP(Oc2ccccc2)Oc2ccccc2)cc1. The van der Waals surface area contributed by atoms with E-state index in [0.717, 1.165) is 0 Å². The molecule has 0 heterocycles. The van der Waals surface area contributed by atoms with Gasteiger partial charge in [-0.25, -0.2) is 0 Å². The van der Waals surface area contributed by atoms with Gasteiger partial charge in [0.15, 0.2) is 0 Å². The van der Waals surface area contributed by atoms with Crippen LogP contribution >= 0.6 is 8.60 Å². The van der Waals surface area contributed by atoms with Crippen molar-refractivity contribution >= 4 is 8.60 Å².